The zero-order valence-electron chi connectivity index (χ0n) is 44.5. The second kappa shape index (κ2) is 16.5. The molecule has 3 aliphatic rings. The average Bonchev–Trinajstić information content (AvgIpc) is 3.87. The maximum atomic E-state index is 2.53. The van der Waals surface area contributed by atoms with Gasteiger partial charge in [-0.15, -0.1) is 0 Å². The summed E-state index contributed by atoms with van der Waals surface area (Å²) in [7, 11) is 0. The summed E-state index contributed by atoms with van der Waals surface area (Å²) in [5.74, 6) is 0. The van der Waals surface area contributed by atoms with E-state index in [1.165, 1.54) is 133 Å². The lowest BCUT2D eigenvalue weighted by atomic mass is 9.73. The van der Waals surface area contributed by atoms with Gasteiger partial charge in [0.1, 0.15) is 0 Å². The van der Waals surface area contributed by atoms with Gasteiger partial charge in [0.05, 0.1) is 22.7 Å². The van der Waals surface area contributed by atoms with Gasteiger partial charge in [0, 0.05) is 27.6 Å². The third-order valence-electron chi connectivity index (χ3n) is 18.0. The fourth-order valence-electron chi connectivity index (χ4n) is 14.1. The van der Waals surface area contributed by atoms with E-state index in [-0.39, 0.29) is 16.2 Å². The molecule has 15 rings (SSSR count). The Hall–Kier alpha value is -8.98. The minimum Gasteiger partial charge on any atom is -0.310 e. The highest BCUT2D eigenvalue weighted by Gasteiger charge is 2.39. The number of hydrogen-bond donors (Lipinski definition) is 0. The van der Waals surface area contributed by atoms with Crippen molar-refractivity contribution in [3.05, 3.63) is 276 Å². The summed E-state index contributed by atoms with van der Waals surface area (Å²) < 4.78 is 0. The number of fused-ring (bicyclic) bond motifs is 10. The van der Waals surface area contributed by atoms with Crippen LogP contribution >= 0.6 is 0 Å². The zero-order valence-corrected chi connectivity index (χ0v) is 44.5. The highest BCUT2D eigenvalue weighted by atomic mass is 15.2. The summed E-state index contributed by atoms with van der Waals surface area (Å²) in [6.45, 7) is 14.3. The first kappa shape index (κ1) is 45.4. The SMILES string of the molecule is CC1(C)c2ccccc2-c2ccc(-c3c4ccc(N5c6ccccc6C(C)(C)c6ccccc65)cc4c(-c4ccc5cc(-c6ccccc6)ccc5c4)c4ccc(N5c6ccccc6C(C)(C)c6ccccc65)cc34)cc21. The second-order valence-electron chi connectivity index (χ2n) is 23.3. The van der Waals surface area contributed by atoms with Crippen LogP contribution in [0.1, 0.15) is 74.9 Å². The van der Waals surface area contributed by atoms with Crippen LogP contribution in [0.2, 0.25) is 0 Å². The minimum atomic E-state index is -0.176. The predicted molar refractivity (Wildman–Crippen MR) is 326 cm³/mol. The number of para-hydroxylation sites is 4. The van der Waals surface area contributed by atoms with Gasteiger partial charge >= 0.3 is 0 Å². The van der Waals surface area contributed by atoms with Gasteiger partial charge in [-0.25, -0.2) is 0 Å². The van der Waals surface area contributed by atoms with E-state index in [1.54, 1.807) is 0 Å². The Balaban J connectivity index is 1.05. The molecule has 0 saturated heterocycles. The van der Waals surface area contributed by atoms with Crippen molar-refractivity contribution in [1.29, 1.82) is 0 Å². The summed E-state index contributed by atoms with van der Waals surface area (Å²) in [5.41, 5.74) is 24.6. The van der Waals surface area contributed by atoms with E-state index < -0.39 is 0 Å². The molecule has 0 atom stereocenters. The van der Waals surface area contributed by atoms with Crippen molar-refractivity contribution < 1.29 is 0 Å². The number of hydrogen-bond acceptors (Lipinski definition) is 2. The molecular weight excluding hydrogens is 929 g/mol. The molecule has 0 spiro atoms. The molecule has 0 aromatic heterocycles. The van der Waals surface area contributed by atoms with Crippen molar-refractivity contribution in [1.82, 2.24) is 0 Å². The van der Waals surface area contributed by atoms with Crippen LogP contribution in [0.15, 0.2) is 243 Å². The van der Waals surface area contributed by atoms with E-state index in [9.17, 15) is 0 Å². The van der Waals surface area contributed by atoms with Crippen LogP contribution in [0.5, 0.6) is 0 Å². The van der Waals surface area contributed by atoms with E-state index >= 15 is 0 Å². The Labute approximate surface area is 452 Å². The molecule has 0 bridgehead atoms. The summed E-state index contributed by atoms with van der Waals surface area (Å²) >= 11 is 0. The van der Waals surface area contributed by atoms with Crippen LogP contribution in [0.3, 0.4) is 0 Å². The molecule has 2 aliphatic heterocycles. The predicted octanol–water partition coefficient (Wildman–Crippen LogP) is 20.7. The number of nitrogens with zero attached hydrogens (tertiary/aromatic N) is 2. The Morgan fingerprint density at radius 1 is 0.247 bits per heavy atom. The molecule has 0 radical (unpaired) electrons. The monoisotopic (exact) mass is 986 g/mol. The summed E-state index contributed by atoms with van der Waals surface area (Å²) in [6.07, 6.45) is 0. The van der Waals surface area contributed by atoms with Gasteiger partial charge in [-0.2, -0.15) is 0 Å². The fourth-order valence-corrected chi connectivity index (χ4v) is 14.1. The maximum absolute atomic E-state index is 2.53. The molecule has 0 amide bonds. The van der Waals surface area contributed by atoms with Crippen molar-refractivity contribution in [2.75, 3.05) is 9.80 Å². The van der Waals surface area contributed by atoms with E-state index in [2.05, 4.69) is 294 Å². The molecule has 12 aromatic carbocycles. The van der Waals surface area contributed by atoms with Crippen LogP contribution in [0, 0.1) is 0 Å². The number of rotatable bonds is 5. The molecule has 77 heavy (non-hydrogen) atoms. The summed E-state index contributed by atoms with van der Waals surface area (Å²) in [4.78, 5) is 5.03. The number of benzene rings is 12. The van der Waals surface area contributed by atoms with Gasteiger partial charge in [0.25, 0.3) is 0 Å². The van der Waals surface area contributed by atoms with Crippen LogP contribution in [0.4, 0.5) is 34.1 Å². The largest absolute Gasteiger partial charge is 0.310 e. The van der Waals surface area contributed by atoms with Gasteiger partial charge in [-0.1, -0.05) is 217 Å². The Kier molecular flexibility index (Phi) is 9.74. The minimum absolute atomic E-state index is 0.172. The highest BCUT2D eigenvalue weighted by molar-refractivity contribution is 6.23. The Morgan fingerprint density at radius 2 is 0.623 bits per heavy atom. The van der Waals surface area contributed by atoms with Crippen molar-refractivity contribution in [3.63, 3.8) is 0 Å². The standard InChI is InChI=1S/C75H58N2/c1-73(2)61-23-11-10-22-55(61)56-39-36-52(44-66(56)73)72-58-41-38-53(76-67-28-16-12-24-62(67)74(3,4)63-25-13-17-29-68(63)76)45-59(58)71(51-35-34-49-42-48(32-33-50(49)43-51)47-20-8-7-9-21-47)57-40-37-54(46-60(57)72)77-69-30-18-14-26-64(69)75(5,6)65-27-15-19-31-70(65)77/h7-46H,1-6H3. The Bertz CT molecular complexity index is 4340. The summed E-state index contributed by atoms with van der Waals surface area (Å²) in [6, 6.07) is 91.8. The molecule has 0 unspecified atom stereocenters. The topological polar surface area (TPSA) is 6.48 Å². The van der Waals surface area contributed by atoms with Crippen LogP contribution in [0.25, 0.3) is 76.8 Å². The fraction of sp³-hybridized carbons (Fsp3) is 0.120. The van der Waals surface area contributed by atoms with Gasteiger partial charge < -0.3 is 9.80 Å². The first-order valence-corrected chi connectivity index (χ1v) is 27.3. The van der Waals surface area contributed by atoms with Gasteiger partial charge in [0.2, 0.25) is 0 Å². The lowest BCUT2D eigenvalue weighted by Crippen LogP contribution is -2.30. The van der Waals surface area contributed by atoms with Gasteiger partial charge in [0.15, 0.2) is 0 Å². The molecule has 2 heterocycles. The lowest BCUT2D eigenvalue weighted by Gasteiger charge is -2.42. The quantitative estimate of drug-likeness (QED) is 0.159. The van der Waals surface area contributed by atoms with Gasteiger partial charge in [-0.05, 0) is 177 Å². The van der Waals surface area contributed by atoms with Crippen molar-refractivity contribution in [3.8, 4) is 44.5 Å². The first-order chi connectivity index (χ1) is 37.5. The second-order valence-corrected chi connectivity index (χ2v) is 23.3. The summed E-state index contributed by atoms with van der Waals surface area (Å²) in [5, 5.41) is 7.32. The van der Waals surface area contributed by atoms with Crippen molar-refractivity contribution in [2.24, 2.45) is 0 Å². The van der Waals surface area contributed by atoms with Crippen LogP contribution < -0.4 is 9.80 Å². The van der Waals surface area contributed by atoms with Crippen molar-refractivity contribution >= 4 is 66.4 Å². The molecule has 0 fully saturated rings. The molecule has 0 saturated carbocycles. The third kappa shape index (κ3) is 6.61. The first-order valence-electron chi connectivity index (χ1n) is 27.3. The van der Waals surface area contributed by atoms with Crippen LogP contribution in [-0.2, 0) is 16.2 Å². The van der Waals surface area contributed by atoms with E-state index in [1.807, 2.05) is 0 Å². The van der Waals surface area contributed by atoms with E-state index in [0.717, 1.165) is 11.4 Å². The normalized spacial score (nSPS) is 15.1. The van der Waals surface area contributed by atoms with Gasteiger partial charge in [-0.3, -0.25) is 0 Å². The molecule has 2 nitrogen and oxygen atoms in total. The molecular formula is C75H58N2. The molecule has 1 aliphatic carbocycles. The Morgan fingerprint density at radius 3 is 1.13 bits per heavy atom. The maximum Gasteiger partial charge on any atom is 0.0502 e. The van der Waals surface area contributed by atoms with Crippen LogP contribution in [-0.4, -0.2) is 0 Å². The lowest BCUT2D eigenvalue weighted by molar-refractivity contribution is 0.632. The average molecular weight is 987 g/mol. The van der Waals surface area contributed by atoms with E-state index in [4.69, 9.17) is 0 Å². The van der Waals surface area contributed by atoms with Crippen molar-refractivity contribution in [2.45, 2.75) is 57.8 Å². The molecule has 12 aromatic rings. The number of anilines is 6. The highest BCUT2D eigenvalue weighted by Crippen LogP contribution is 2.57. The third-order valence-corrected chi connectivity index (χ3v) is 18.0. The molecule has 2 heteroatoms. The molecule has 368 valence electrons. The smallest absolute Gasteiger partial charge is 0.0502 e. The zero-order chi connectivity index (χ0) is 52.0. The van der Waals surface area contributed by atoms with E-state index in [0.29, 0.717) is 0 Å². The molecule has 0 N–H and O–H groups in total.